The summed E-state index contributed by atoms with van der Waals surface area (Å²) in [4.78, 5) is 12.3. The zero-order valence-corrected chi connectivity index (χ0v) is 13.1. The maximum atomic E-state index is 13.7. The second-order valence-corrected chi connectivity index (χ2v) is 5.45. The number of hydrogen-bond donors (Lipinski definition) is 1. The number of nitrogens with one attached hydrogen (secondary N) is 1. The molecule has 1 N–H and O–H groups in total. The average Bonchev–Trinajstić information content (AvgIpc) is 3.01. The Morgan fingerprint density at radius 2 is 1.92 bits per heavy atom. The van der Waals surface area contributed by atoms with Crippen molar-refractivity contribution in [3.05, 3.63) is 53.7 Å². The van der Waals surface area contributed by atoms with Crippen LogP contribution in [-0.2, 0) is 6.54 Å². The minimum atomic E-state index is -0.754. The fourth-order valence-electron chi connectivity index (χ4n) is 2.08. The van der Waals surface area contributed by atoms with Crippen LogP contribution in [0.15, 0.2) is 35.1 Å². The van der Waals surface area contributed by atoms with E-state index in [1.807, 2.05) is 19.9 Å². The molecule has 0 amide bonds. The smallest absolute Gasteiger partial charge is 0.263 e. The van der Waals surface area contributed by atoms with Gasteiger partial charge in [-0.15, -0.1) is 0 Å². The highest BCUT2D eigenvalue weighted by Crippen LogP contribution is 2.24. The van der Waals surface area contributed by atoms with E-state index in [0.717, 1.165) is 17.8 Å². The topological polar surface area (TPSA) is 76.7 Å². The van der Waals surface area contributed by atoms with Crippen molar-refractivity contribution in [2.75, 3.05) is 5.32 Å². The van der Waals surface area contributed by atoms with Crippen molar-refractivity contribution in [1.82, 2.24) is 20.1 Å². The van der Waals surface area contributed by atoms with Crippen molar-refractivity contribution in [3.63, 3.8) is 0 Å². The van der Waals surface area contributed by atoms with E-state index in [9.17, 15) is 8.78 Å². The highest BCUT2D eigenvalue weighted by molar-refractivity contribution is 5.54. The van der Waals surface area contributed by atoms with Crippen LogP contribution in [0, 0.1) is 11.6 Å². The number of hydrogen-bond acceptors (Lipinski definition) is 6. The van der Waals surface area contributed by atoms with Crippen LogP contribution in [0.3, 0.4) is 0 Å². The van der Waals surface area contributed by atoms with Gasteiger partial charge < -0.3 is 9.84 Å². The van der Waals surface area contributed by atoms with Crippen molar-refractivity contribution in [2.24, 2.45) is 0 Å². The largest absolute Gasteiger partial charge is 0.363 e. The Labute approximate surface area is 137 Å². The van der Waals surface area contributed by atoms with Gasteiger partial charge in [-0.1, -0.05) is 25.1 Å². The summed E-state index contributed by atoms with van der Waals surface area (Å²) in [6.07, 6.45) is 1.47. The lowest BCUT2D eigenvalue weighted by Gasteiger charge is -2.06. The predicted molar refractivity (Wildman–Crippen MR) is 83.1 cm³/mol. The van der Waals surface area contributed by atoms with Gasteiger partial charge in [0.05, 0.1) is 6.54 Å². The van der Waals surface area contributed by atoms with Crippen LogP contribution < -0.4 is 5.32 Å². The van der Waals surface area contributed by atoms with Gasteiger partial charge in [0.2, 0.25) is 0 Å². The minimum Gasteiger partial charge on any atom is -0.363 e. The molecule has 0 aliphatic carbocycles. The summed E-state index contributed by atoms with van der Waals surface area (Å²) < 4.78 is 32.4. The lowest BCUT2D eigenvalue weighted by atomic mass is 10.1. The highest BCUT2D eigenvalue weighted by Gasteiger charge is 2.17. The van der Waals surface area contributed by atoms with Gasteiger partial charge in [-0.25, -0.2) is 18.7 Å². The lowest BCUT2D eigenvalue weighted by Crippen LogP contribution is -2.05. The Kier molecular flexibility index (Phi) is 4.45. The summed E-state index contributed by atoms with van der Waals surface area (Å²) in [5, 5.41) is 6.75. The van der Waals surface area contributed by atoms with E-state index in [1.54, 1.807) is 0 Å². The normalized spacial score (nSPS) is 11.0. The Bertz CT molecular complexity index is 830. The van der Waals surface area contributed by atoms with E-state index in [4.69, 9.17) is 4.52 Å². The lowest BCUT2D eigenvalue weighted by molar-refractivity contribution is 0.418. The van der Waals surface area contributed by atoms with E-state index in [2.05, 4.69) is 25.4 Å². The van der Waals surface area contributed by atoms with Crippen LogP contribution in [0.5, 0.6) is 0 Å². The molecule has 3 aromatic rings. The average molecular weight is 331 g/mol. The molecule has 0 radical (unpaired) electrons. The fourth-order valence-corrected chi connectivity index (χ4v) is 2.08. The van der Waals surface area contributed by atoms with Crippen molar-refractivity contribution < 1.29 is 13.3 Å². The Balaban J connectivity index is 1.74. The summed E-state index contributed by atoms with van der Waals surface area (Å²) in [7, 11) is 0. The molecule has 0 aliphatic rings. The second-order valence-electron chi connectivity index (χ2n) is 5.45. The van der Waals surface area contributed by atoms with Gasteiger partial charge in [0.1, 0.15) is 29.3 Å². The first-order valence-electron chi connectivity index (χ1n) is 7.37. The molecule has 0 spiro atoms. The van der Waals surface area contributed by atoms with Gasteiger partial charge >= 0.3 is 0 Å². The number of anilines is 1. The van der Waals surface area contributed by atoms with E-state index in [0.29, 0.717) is 5.82 Å². The number of nitrogens with zero attached hydrogens (tertiary/aromatic N) is 4. The minimum absolute atomic E-state index is 0.201. The van der Waals surface area contributed by atoms with E-state index >= 15 is 0 Å². The molecule has 0 fully saturated rings. The van der Waals surface area contributed by atoms with E-state index in [1.165, 1.54) is 12.4 Å². The predicted octanol–water partition coefficient (Wildman–Crippen LogP) is 3.54. The van der Waals surface area contributed by atoms with Crippen molar-refractivity contribution >= 4 is 5.82 Å². The summed E-state index contributed by atoms with van der Waals surface area (Å²) in [5.41, 5.74) is 0.565. The number of aromatic nitrogens is 4. The van der Waals surface area contributed by atoms with E-state index < -0.39 is 11.6 Å². The number of halogens is 2. The third-order valence-electron chi connectivity index (χ3n) is 3.35. The van der Waals surface area contributed by atoms with Crippen LogP contribution in [0.2, 0.25) is 0 Å². The van der Waals surface area contributed by atoms with Gasteiger partial charge in [0, 0.05) is 11.8 Å². The molecular weight excluding hydrogens is 316 g/mol. The Morgan fingerprint density at radius 1 is 1.17 bits per heavy atom. The van der Waals surface area contributed by atoms with Gasteiger partial charge in [0.15, 0.2) is 5.82 Å². The first-order valence-corrected chi connectivity index (χ1v) is 7.37. The quantitative estimate of drug-likeness (QED) is 0.770. The zero-order chi connectivity index (χ0) is 17.1. The molecule has 3 rings (SSSR count). The molecule has 2 heterocycles. The monoisotopic (exact) mass is 331 g/mol. The summed E-state index contributed by atoms with van der Waals surface area (Å²) >= 11 is 0. The van der Waals surface area contributed by atoms with Crippen LogP contribution >= 0.6 is 0 Å². The summed E-state index contributed by atoms with van der Waals surface area (Å²) in [6, 6.07) is 5.36. The first-order chi connectivity index (χ1) is 11.5. The molecular formula is C16H15F2N5O. The molecule has 24 heavy (non-hydrogen) atoms. The standard InChI is InChI=1S/C16H15F2N5O/c1-9(2)12-6-13(21-8-20-12)19-7-14-22-16(24-23-14)15-10(17)4-3-5-11(15)18/h3-6,8-9H,7H2,1-2H3,(H,19,20,21). The molecule has 1 aromatic carbocycles. The van der Waals surface area contributed by atoms with Gasteiger partial charge in [-0.2, -0.15) is 4.98 Å². The fraction of sp³-hybridized carbons (Fsp3) is 0.250. The SMILES string of the molecule is CC(C)c1cc(NCc2noc(-c3c(F)cccc3F)n2)ncn1. The van der Waals surface area contributed by atoms with Crippen LogP contribution in [0.25, 0.3) is 11.5 Å². The second kappa shape index (κ2) is 6.69. The van der Waals surface area contributed by atoms with Gasteiger partial charge in [-0.05, 0) is 18.1 Å². The highest BCUT2D eigenvalue weighted by atomic mass is 19.1. The van der Waals surface area contributed by atoms with Gasteiger partial charge in [0.25, 0.3) is 5.89 Å². The number of benzene rings is 1. The molecule has 0 aliphatic heterocycles. The molecule has 0 saturated heterocycles. The molecule has 8 heteroatoms. The summed E-state index contributed by atoms with van der Waals surface area (Å²) in [5.74, 6) is -0.567. The zero-order valence-electron chi connectivity index (χ0n) is 13.1. The molecule has 0 saturated carbocycles. The van der Waals surface area contributed by atoms with Gasteiger partial charge in [-0.3, -0.25) is 0 Å². The molecule has 2 aromatic heterocycles. The first kappa shape index (κ1) is 16.0. The molecule has 0 unspecified atom stereocenters. The maximum Gasteiger partial charge on any atom is 0.263 e. The van der Waals surface area contributed by atoms with Crippen molar-refractivity contribution in [3.8, 4) is 11.5 Å². The van der Waals surface area contributed by atoms with E-state index in [-0.39, 0.29) is 29.7 Å². The third kappa shape index (κ3) is 3.37. The van der Waals surface area contributed by atoms with Crippen molar-refractivity contribution in [1.29, 1.82) is 0 Å². The number of rotatable bonds is 5. The van der Waals surface area contributed by atoms with Crippen LogP contribution in [0.1, 0.15) is 31.3 Å². The maximum absolute atomic E-state index is 13.7. The third-order valence-corrected chi connectivity index (χ3v) is 3.35. The Hall–Kier alpha value is -2.90. The van der Waals surface area contributed by atoms with Crippen LogP contribution in [0.4, 0.5) is 14.6 Å². The molecule has 6 nitrogen and oxygen atoms in total. The molecule has 0 bridgehead atoms. The van der Waals surface area contributed by atoms with Crippen LogP contribution in [-0.4, -0.2) is 20.1 Å². The summed E-state index contributed by atoms with van der Waals surface area (Å²) in [6.45, 7) is 4.26. The van der Waals surface area contributed by atoms with Crippen molar-refractivity contribution in [2.45, 2.75) is 26.3 Å². The molecule has 0 atom stereocenters. The molecule has 124 valence electrons. The Morgan fingerprint density at radius 3 is 2.62 bits per heavy atom.